The quantitative estimate of drug-likeness (QED) is 0.867. The highest BCUT2D eigenvalue weighted by Crippen LogP contribution is 2.26. The number of rotatable bonds is 3. The molecule has 1 aliphatic rings. The molecule has 0 spiro atoms. The van der Waals surface area contributed by atoms with Crippen LogP contribution in [0.15, 0.2) is 18.6 Å². The molecule has 3 rings (SSSR count). The van der Waals surface area contributed by atoms with Crippen LogP contribution in [0.3, 0.4) is 0 Å². The fourth-order valence-electron chi connectivity index (χ4n) is 3.18. The topological polar surface area (TPSA) is 46.8 Å². The molecule has 2 aromatic rings. The number of imidazole rings is 1. The van der Waals surface area contributed by atoms with Crippen LogP contribution in [0.1, 0.15) is 41.7 Å². The molecule has 112 valence electrons. The molecule has 5 nitrogen and oxygen atoms in total. The van der Waals surface area contributed by atoms with Crippen LogP contribution >= 0.6 is 0 Å². The third kappa shape index (κ3) is 3.29. The Balaban J connectivity index is 1.68. The fraction of sp³-hybridized carbons (Fsp3) is 0.562. The largest absolute Gasteiger partial charge is 0.337 e. The van der Waals surface area contributed by atoms with Gasteiger partial charge in [0.2, 0.25) is 0 Å². The number of aryl methyl sites for hydroxylation is 3. The molecule has 1 saturated heterocycles. The minimum Gasteiger partial charge on any atom is -0.337 e. The first-order valence-corrected chi connectivity index (χ1v) is 7.61. The lowest BCUT2D eigenvalue weighted by atomic mass is 9.97. The van der Waals surface area contributed by atoms with E-state index in [9.17, 15) is 0 Å². The predicted octanol–water partition coefficient (Wildman–Crippen LogP) is 2.21. The Morgan fingerprint density at radius 1 is 1.24 bits per heavy atom. The highest BCUT2D eigenvalue weighted by Gasteiger charge is 2.24. The van der Waals surface area contributed by atoms with E-state index in [0.717, 1.165) is 31.2 Å². The number of hydrogen-bond donors (Lipinski definition) is 0. The Morgan fingerprint density at radius 2 is 2.00 bits per heavy atom. The molecule has 0 bridgehead atoms. The van der Waals surface area contributed by atoms with E-state index in [1.54, 1.807) is 0 Å². The van der Waals surface area contributed by atoms with Crippen molar-refractivity contribution in [1.82, 2.24) is 24.4 Å². The first kappa shape index (κ1) is 14.2. The van der Waals surface area contributed by atoms with Gasteiger partial charge < -0.3 is 4.57 Å². The second-order valence-electron chi connectivity index (χ2n) is 6.06. The molecule has 1 unspecified atom stereocenters. The zero-order valence-corrected chi connectivity index (χ0v) is 13.1. The average molecular weight is 285 g/mol. The van der Waals surface area contributed by atoms with Gasteiger partial charge in [-0.3, -0.25) is 4.90 Å². The number of piperidine rings is 1. The molecule has 0 N–H and O–H groups in total. The van der Waals surface area contributed by atoms with E-state index in [-0.39, 0.29) is 0 Å². The van der Waals surface area contributed by atoms with Crippen molar-refractivity contribution in [1.29, 1.82) is 0 Å². The number of hydrogen-bond acceptors (Lipinski definition) is 4. The molecule has 1 atom stereocenters. The molecule has 0 radical (unpaired) electrons. The van der Waals surface area contributed by atoms with Gasteiger partial charge >= 0.3 is 0 Å². The zero-order valence-electron chi connectivity index (χ0n) is 13.1. The molecule has 5 heteroatoms. The van der Waals surface area contributed by atoms with Crippen LogP contribution in [0, 0.1) is 13.8 Å². The Hall–Kier alpha value is -1.75. The molecule has 1 fully saturated rings. The molecule has 2 aromatic heterocycles. The van der Waals surface area contributed by atoms with Crippen molar-refractivity contribution in [3.63, 3.8) is 0 Å². The summed E-state index contributed by atoms with van der Waals surface area (Å²) in [5, 5.41) is 0. The van der Waals surface area contributed by atoms with E-state index in [4.69, 9.17) is 4.98 Å². The summed E-state index contributed by atoms with van der Waals surface area (Å²) in [5.41, 5.74) is 2.30. The summed E-state index contributed by atoms with van der Waals surface area (Å²) < 4.78 is 2.18. The third-order valence-electron chi connectivity index (χ3n) is 4.14. The van der Waals surface area contributed by atoms with Crippen molar-refractivity contribution in [2.45, 2.75) is 39.2 Å². The lowest BCUT2D eigenvalue weighted by Crippen LogP contribution is -2.34. The number of likely N-dealkylation sites (tertiary alicyclic amines) is 1. The standard InChI is InChI=1S/C16H23N5/c1-12-9-20(3)16(19-12)15-5-4-6-21(11-15)10-14-7-17-13(2)18-8-14/h7-9,15H,4-6,10-11H2,1-3H3. The molecule has 0 amide bonds. The maximum Gasteiger partial charge on any atom is 0.125 e. The van der Waals surface area contributed by atoms with Gasteiger partial charge in [0.1, 0.15) is 11.6 Å². The highest BCUT2D eigenvalue weighted by molar-refractivity contribution is 5.09. The van der Waals surface area contributed by atoms with E-state index in [2.05, 4.69) is 39.6 Å². The lowest BCUT2D eigenvalue weighted by molar-refractivity contribution is 0.195. The van der Waals surface area contributed by atoms with Gasteiger partial charge in [0.25, 0.3) is 0 Å². The Kier molecular flexibility index (Phi) is 4.01. The third-order valence-corrected chi connectivity index (χ3v) is 4.14. The first-order valence-electron chi connectivity index (χ1n) is 7.61. The summed E-state index contributed by atoms with van der Waals surface area (Å²) in [7, 11) is 2.10. The van der Waals surface area contributed by atoms with Gasteiger partial charge in [-0.15, -0.1) is 0 Å². The van der Waals surface area contributed by atoms with Gasteiger partial charge in [-0.25, -0.2) is 15.0 Å². The van der Waals surface area contributed by atoms with Crippen LogP contribution in [0.2, 0.25) is 0 Å². The highest BCUT2D eigenvalue weighted by atomic mass is 15.1. The SMILES string of the molecule is Cc1cn(C)c(C2CCCN(Cc3cnc(C)nc3)C2)n1. The minimum atomic E-state index is 0.531. The van der Waals surface area contributed by atoms with Crippen molar-refractivity contribution in [3.8, 4) is 0 Å². The summed E-state index contributed by atoms with van der Waals surface area (Å²) in [4.78, 5) is 15.8. The van der Waals surface area contributed by atoms with Gasteiger partial charge in [0, 0.05) is 50.2 Å². The van der Waals surface area contributed by atoms with Gasteiger partial charge in [-0.1, -0.05) is 0 Å². The molecular weight excluding hydrogens is 262 g/mol. The maximum absolute atomic E-state index is 4.70. The average Bonchev–Trinajstić information content (AvgIpc) is 2.81. The summed E-state index contributed by atoms with van der Waals surface area (Å²) >= 11 is 0. The van der Waals surface area contributed by atoms with Crippen molar-refractivity contribution >= 4 is 0 Å². The van der Waals surface area contributed by atoms with Crippen molar-refractivity contribution in [2.24, 2.45) is 7.05 Å². The second kappa shape index (κ2) is 5.93. The summed E-state index contributed by atoms with van der Waals surface area (Å²) in [6.07, 6.45) is 8.45. The van der Waals surface area contributed by atoms with Gasteiger partial charge in [0.15, 0.2) is 0 Å². The molecule has 0 aromatic carbocycles. The van der Waals surface area contributed by atoms with Gasteiger partial charge in [-0.2, -0.15) is 0 Å². The number of nitrogens with zero attached hydrogens (tertiary/aromatic N) is 5. The summed E-state index contributed by atoms with van der Waals surface area (Å²) in [5.74, 6) is 2.58. The molecular formula is C16H23N5. The minimum absolute atomic E-state index is 0.531. The van der Waals surface area contributed by atoms with Gasteiger partial charge in [-0.05, 0) is 33.2 Å². The monoisotopic (exact) mass is 285 g/mol. The normalized spacial score (nSPS) is 19.9. The summed E-state index contributed by atoms with van der Waals surface area (Å²) in [6.45, 7) is 7.13. The van der Waals surface area contributed by atoms with Crippen molar-refractivity contribution in [3.05, 3.63) is 41.5 Å². The van der Waals surface area contributed by atoms with Crippen LogP contribution in [0.4, 0.5) is 0 Å². The van der Waals surface area contributed by atoms with Crippen LogP contribution in [-0.4, -0.2) is 37.5 Å². The van der Waals surface area contributed by atoms with E-state index in [1.165, 1.54) is 24.2 Å². The lowest BCUT2D eigenvalue weighted by Gasteiger charge is -2.32. The van der Waals surface area contributed by atoms with Crippen LogP contribution < -0.4 is 0 Å². The first-order chi connectivity index (χ1) is 10.1. The Morgan fingerprint density at radius 3 is 2.67 bits per heavy atom. The molecule has 3 heterocycles. The van der Waals surface area contributed by atoms with Crippen LogP contribution in [0.25, 0.3) is 0 Å². The molecule has 21 heavy (non-hydrogen) atoms. The zero-order chi connectivity index (χ0) is 14.8. The Labute approximate surface area is 126 Å². The van der Waals surface area contributed by atoms with Crippen LogP contribution in [0.5, 0.6) is 0 Å². The molecule has 0 saturated carbocycles. The van der Waals surface area contributed by atoms with Crippen molar-refractivity contribution in [2.75, 3.05) is 13.1 Å². The van der Waals surface area contributed by atoms with E-state index in [1.807, 2.05) is 19.3 Å². The summed E-state index contributed by atoms with van der Waals surface area (Å²) in [6, 6.07) is 0. The Bertz CT molecular complexity index is 602. The fourth-order valence-corrected chi connectivity index (χ4v) is 3.18. The molecule has 0 aliphatic carbocycles. The van der Waals surface area contributed by atoms with E-state index in [0.29, 0.717) is 5.92 Å². The van der Waals surface area contributed by atoms with E-state index >= 15 is 0 Å². The number of aromatic nitrogens is 4. The second-order valence-corrected chi connectivity index (χ2v) is 6.06. The van der Waals surface area contributed by atoms with Gasteiger partial charge in [0.05, 0.1) is 5.69 Å². The smallest absolute Gasteiger partial charge is 0.125 e. The predicted molar refractivity (Wildman–Crippen MR) is 82.0 cm³/mol. The van der Waals surface area contributed by atoms with E-state index < -0.39 is 0 Å². The maximum atomic E-state index is 4.70. The van der Waals surface area contributed by atoms with Crippen LogP contribution in [-0.2, 0) is 13.6 Å². The van der Waals surface area contributed by atoms with Crippen molar-refractivity contribution < 1.29 is 0 Å². The molecule has 1 aliphatic heterocycles.